The van der Waals surface area contributed by atoms with Crippen LogP contribution in [0.5, 0.6) is 0 Å². The van der Waals surface area contributed by atoms with E-state index in [1.807, 2.05) is 12.1 Å². The molecule has 0 fully saturated rings. The highest BCUT2D eigenvalue weighted by Crippen LogP contribution is 2.22. The zero-order valence-corrected chi connectivity index (χ0v) is 12.2. The largest absolute Gasteiger partial charge is 0.366 e. The van der Waals surface area contributed by atoms with Gasteiger partial charge in [0.25, 0.3) is 5.69 Å². The van der Waals surface area contributed by atoms with Gasteiger partial charge in [0.15, 0.2) is 0 Å². The van der Waals surface area contributed by atoms with Gasteiger partial charge in [0.05, 0.1) is 10.4 Å². The lowest BCUT2D eigenvalue weighted by Gasteiger charge is -2.06. The molecule has 106 valence electrons. The van der Waals surface area contributed by atoms with Crippen molar-refractivity contribution in [1.82, 2.24) is 4.98 Å². The van der Waals surface area contributed by atoms with Crippen LogP contribution in [0.1, 0.15) is 11.1 Å². The second-order valence-electron chi connectivity index (χ2n) is 4.76. The van der Waals surface area contributed by atoms with Crippen LogP contribution in [0.15, 0.2) is 41.1 Å². The Hall–Kier alpha value is -2.47. The van der Waals surface area contributed by atoms with E-state index in [2.05, 4.69) is 28.0 Å². The monoisotopic (exact) mass is 299 g/mol. The lowest BCUT2D eigenvalue weighted by molar-refractivity contribution is -0.384. The first-order valence-electron chi connectivity index (χ1n) is 6.44. The lowest BCUT2D eigenvalue weighted by atomic mass is 10.2. The molecule has 1 N–H and O–H groups in total. The third-order valence-electron chi connectivity index (χ3n) is 3.31. The van der Waals surface area contributed by atoms with Gasteiger partial charge in [-0.3, -0.25) is 10.1 Å². The summed E-state index contributed by atoms with van der Waals surface area (Å²) in [6.07, 6.45) is 0. The fourth-order valence-electron chi connectivity index (χ4n) is 2.08. The number of benzene rings is 1. The van der Waals surface area contributed by atoms with Crippen molar-refractivity contribution in [3.63, 3.8) is 0 Å². The predicted molar refractivity (Wildman–Crippen MR) is 84.8 cm³/mol. The van der Waals surface area contributed by atoms with Crippen LogP contribution in [0.2, 0.25) is 0 Å². The van der Waals surface area contributed by atoms with E-state index in [1.165, 1.54) is 23.3 Å². The number of nitro groups is 1. The summed E-state index contributed by atoms with van der Waals surface area (Å²) in [5.41, 5.74) is 3.35. The number of non-ortho nitro benzene ring substituents is 1. The second kappa shape index (κ2) is 5.49. The van der Waals surface area contributed by atoms with E-state index in [9.17, 15) is 10.1 Å². The van der Waals surface area contributed by atoms with Gasteiger partial charge in [0, 0.05) is 24.1 Å². The molecular formula is C15H13N3O2S. The fraction of sp³-hybridized carbons (Fsp3) is 0.133. The van der Waals surface area contributed by atoms with E-state index in [-0.39, 0.29) is 5.69 Å². The van der Waals surface area contributed by atoms with Gasteiger partial charge >= 0.3 is 0 Å². The number of pyridine rings is 1. The smallest absolute Gasteiger partial charge is 0.270 e. The van der Waals surface area contributed by atoms with Crippen molar-refractivity contribution in [2.75, 3.05) is 5.32 Å². The molecule has 0 saturated carbocycles. The maximum atomic E-state index is 10.8. The molecule has 1 aromatic carbocycles. The summed E-state index contributed by atoms with van der Waals surface area (Å²) in [4.78, 5) is 14.8. The highest BCUT2D eigenvalue weighted by molar-refractivity contribution is 7.08. The van der Waals surface area contributed by atoms with Gasteiger partial charge in [-0.25, -0.2) is 4.98 Å². The molecule has 0 amide bonds. The summed E-state index contributed by atoms with van der Waals surface area (Å²) in [5, 5.41) is 19.0. The molecule has 21 heavy (non-hydrogen) atoms. The van der Waals surface area contributed by atoms with Gasteiger partial charge in [0.2, 0.25) is 0 Å². The molecular weight excluding hydrogens is 286 g/mol. The third kappa shape index (κ3) is 2.85. The highest BCUT2D eigenvalue weighted by Gasteiger charge is 2.07. The normalized spacial score (nSPS) is 10.7. The number of nitrogens with one attached hydrogen (secondary N) is 1. The van der Waals surface area contributed by atoms with Gasteiger partial charge in [-0.05, 0) is 47.0 Å². The maximum Gasteiger partial charge on any atom is 0.270 e. The van der Waals surface area contributed by atoms with Crippen LogP contribution in [-0.4, -0.2) is 9.91 Å². The van der Waals surface area contributed by atoms with Gasteiger partial charge < -0.3 is 5.32 Å². The molecule has 0 bridgehead atoms. The van der Waals surface area contributed by atoms with Crippen LogP contribution in [0.3, 0.4) is 0 Å². The summed E-state index contributed by atoms with van der Waals surface area (Å²) in [6, 6.07) is 8.37. The molecule has 3 rings (SSSR count). The number of aromatic nitrogens is 1. The van der Waals surface area contributed by atoms with Crippen molar-refractivity contribution in [1.29, 1.82) is 0 Å². The van der Waals surface area contributed by atoms with E-state index in [4.69, 9.17) is 0 Å². The summed E-state index contributed by atoms with van der Waals surface area (Å²) < 4.78 is 0. The van der Waals surface area contributed by atoms with Gasteiger partial charge in [0.1, 0.15) is 5.82 Å². The average Bonchev–Trinajstić information content (AvgIpc) is 2.89. The zero-order chi connectivity index (χ0) is 14.8. The van der Waals surface area contributed by atoms with Crippen LogP contribution in [0, 0.1) is 17.0 Å². The molecule has 0 unspecified atom stereocenters. The number of fused-ring (bicyclic) bond motifs is 1. The van der Waals surface area contributed by atoms with Crippen molar-refractivity contribution >= 4 is 33.7 Å². The first-order chi connectivity index (χ1) is 10.1. The average molecular weight is 299 g/mol. The number of aryl methyl sites for hydroxylation is 1. The van der Waals surface area contributed by atoms with Crippen molar-refractivity contribution in [3.05, 3.63) is 62.3 Å². The number of anilines is 1. The SMILES string of the molecule is Cc1cscc1CNc1ccc2cc([N+](=O)[O-])ccc2n1. The zero-order valence-electron chi connectivity index (χ0n) is 11.4. The van der Waals surface area contributed by atoms with Crippen molar-refractivity contribution in [3.8, 4) is 0 Å². The number of nitro benzene ring substituents is 1. The molecule has 0 aliphatic carbocycles. The maximum absolute atomic E-state index is 10.8. The minimum absolute atomic E-state index is 0.0823. The fourth-order valence-corrected chi connectivity index (χ4v) is 2.94. The van der Waals surface area contributed by atoms with Crippen LogP contribution in [-0.2, 0) is 6.54 Å². The Morgan fingerprint density at radius 1 is 1.29 bits per heavy atom. The van der Waals surface area contributed by atoms with E-state index >= 15 is 0 Å². The molecule has 0 saturated heterocycles. The topological polar surface area (TPSA) is 68.1 Å². The van der Waals surface area contributed by atoms with Gasteiger partial charge in [-0.1, -0.05) is 0 Å². The standard InChI is InChI=1S/C15H13N3O2S/c1-10-8-21-9-12(10)7-16-15-5-2-11-6-13(18(19)20)3-4-14(11)17-15/h2-6,8-9H,7H2,1H3,(H,16,17). The van der Waals surface area contributed by atoms with Crippen molar-refractivity contribution in [2.24, 2.45) is 0 Å². The first-order valence-corrected chi connectivity index (χ1v) is 7.38. The molecule has 6 heteroatoms. The number of hydrogen-bond acceptors (Lipinski definition) is 5. The molecule has 0 aliphatic rings. The molecule has 0 atom stereocenters. The molecule has 3 aromatic rings. The van der Waals surface area contributed by atoms with E-state index < -0.39 is 4.92 Å². The molecule has 2 heterocycles. The number of hydrogen-bond donors (Lipinski definition) is 1. The number of rotatable bonds is 4. The van der Waals surface area contributed by atoms with Crippen molar-refractivity contribution in [2.45, 2.75) is 13.5 Å². The predicted octanol–water partition coefficient (Wildman–Crippen LogP) is 4.13. The Bertz CT molecular complexity index is 814. The highest BCUT2D eigenvalue weighted by atomic mass is 32.1. The van der Waals surface area contributed by atoms with Crippen LogP contribution in [0.25, 0.3) is 10.9 Å². The molecule has 2 aromatic heterocycles. The number of nitrogens with zero attached hydrogens (tertiary/aromatic N) is 2. The minimum Gasteiger partial charge on any atom is -0.366 e. The molecule has 5 nitrogen and oxygen atoms in total. The Kier molecular flexibility index (Phi) is 3.53. The molecule has 0 radical (unpaired) electrons. The Balaban J connectivity index is 1.82. The Morgan fingerprint density at radius 2 is 2.14 bits per heavy atom. The summed E-state index contributed by atoms with van der Waals surface area (Å²) in [6.45, 7) is 2.81. The Labute approximate surface area is 125 Å². The third-order valence-corrected chi connectivity index (χ3v) is 4.22. The summed E-state index contributed by atoms with van der Waals surface area (Å²) >= 11 is 1.68. The van der Waals surface area contributed by atoms with E-state index in [0.29, 0.717) is 0 Å². The van der Waals surface area contributed by atoms with Crippen LogP contribution < -0.4 is 5.32 Å². The quantitative estimate of drug-likeness (QED) is 0.581. The van der Waals surface area contributed by atoms with Crippen molar-refractivity contribution < 1.29 is 4.92 Å². The number of thiophene rings is 1. The van der Waals surface area contributed by atoms with E-state index in [1.54, 1.807) is 17.4 Å². The van der Waals surface area contributed by atoms with Crippen LogP contribution >= 0.6 is 11.3 Å². The van der Waals surface area contributed by atoms with E-state index in [0.717, 1.165) is 23.3 Å². The summed E-state index contributed by atoms with van der Waals surface area (Å²) in [5.74, 6) is 0.766. The minimum atomic E-state index is -0.398. The Morgan fingerprint density at radius 3 is 2.86 bits per heavy atom. The summed E-state index contributed by atoms with van der Waals surface area (Å²) in [7, 11) is 0. The molecule has 0 aliphatic heterocycles. The first kappa shape index (κ1) is 13.5. The lowest BCUT2D eigenvalue weighted by Crippen LogP contribution is -2.01. The van der Waals surface area contributed by atoms with Gasteiger partial charge in [-0.2, -0.15) is 11.3 Å². The molecule has 0 spiro atoms. The second-order valence-corrected chi connectivity index (χ2v) is 5.51. The van der Waals surface area contributed by atoms with Crippen LogP contribution in [0.4, 0.5) is 11.5 Å². The van der Waals surface area contributed by atoms with Gasteiger partial charge in [-0.15, -0.1) is 0 Å².